The van der Waals surface area contributed by atoms with Crippen LogP contribution in [0.3, 0.4) is 0 Å². The van der Waals surface area contributed by atoms with Crippen LogP contribution >= 0.6 is 0 Å². The molecule has 0 unspecified atom stereocenters. The van der Waals surface area contributed by atoms with Crippen molar-refractivity contribution in [2.24, 2.45) is 0 Å². The van der Waals surface area contributed by atoms with Crippen molar-refractivity contribution < 1.29 is 13.6 Å². The summed E-state index contributed by atoms with van der Waals surface area (Å²) in [6.45, 7) is 4.10. The van der Waals surface area contributed by atoms with E-state index >= 15 is 0 Å². The number of allylic oxidation sites excluding steroid dienone is 4. The lowest BCUT2D eigenvalue weighted by atomic mass is 9.92. The van der Waals surface area contributed by atoms with Crippen molar-refractivity contribution in [3.63, 3.8) is 0 Å². The summed E-state index contributed by atoms with van der Waals surface area (Å²) in [5.41, 5.74) is 8.54. The number of fused-ring (bicyclic) bond motifs is 3. The van der Waals surface area contributed by atoms with Crippen molar-refractivity contribution in [1.82, 2.24) is 0 Å². The molecule has 32 heavy (non-hydrogen) atoms. The van der Waals surface area contributed by atoms with Crippen LogP contribution in [0.15, 0.2) is 72.8 Å². The van der Waals surface area contributed by atoms with Crippen LogP contribution in [0.1, 0.15) is 33.4 Å². The second kappa shape index (κ2) is 6.57. The highest BCUT2D eigenvalue weighted by molar-refractivity contribution is 6.61. The number of rotatable bonds is 2. The molecule has 0 fully saturated rings. The van der Waals surface area contributed by atoms with Gasteiger partial charge in [0.25, 0.3) is 0 Å². The highest BCUT2D eigenvalue weighted by atomic mass is 19.1. The van der Waals surface area contributed by atoms with Gasteiger partial charge in [0.15, 0.2) is 5.78 Å². The molecule has 0 saturated heterocycles. The molecule has 0 atom stereocenters. The maximum Gasteiger partial charge on any atom is 0.195 e. The monoisotopic (exact) mass is 420 g/mol. The molecule has 154 valence electrons. The number of carbonyl (C=O) groups is 1. The maximum absolute atomic E-state index is 13.9. The minimum atomic E-state index is -0.347. The summed E-state index contributed by atoms with van der Waals surface area (Å²) in [5.74, 6) is -0.810. The number of benzene rings is 4. The maximum atomic E-state index is 13.9. The Morgan fingerprint density at radius 1 is 0.562 bits per heavy atom. The van der Waals surface area contributed by atoms with Gasteiger partial charge in [-0.15, -0.1) is 0 Å². The molecule has 0 aromatic heterocycles. The standard InChI is InChI=1S/C29H18F2O/c1-15-11-19-12-16(2)14-23-24(19)22(13-15)27-25(17-3-7-20(30)8-4-17)29(32)26(28(23)27)18-5-9-21(31)10-6-18/h3-14H,1-2H3. The van der Waals surface area contributed by atoms with Gasteiger partial charge in [0, 0.05) is 22.3 Å². The molecule has 0 spiro atoms. The van der Waals surface area contributed by atoms with Crippen LogP contribution in [0.25, 0.3) is 33.1 Å². The van der Waals surface area contributed by atoms with Gasteiger partial charge in [-0.1, -0.05) is 48.5 Å². The lowest BCUT2D eigenvalue weighted by Gasteiger charge is -2.10. The summed E-state index contributed by atoms with van der Waals surface area (Å²) in [6.07, 6.45) is 0. The Morgan fingerprint density at radius 2 is 0.969 bits per heavy atom. The Bertz CT molecular complexity index is 1420. The molecular formula is C29H18F2O. The third-order valence-electron chi connectivity index (χ3n) is 6.35. The van der Waals surface area contributed by atoms with Crippen LogP contribution < -0.4 is 0 Å². The van der Waals surface area contributed by atoms with Gasteiger partial charge in [-0.2, -0.15) is 0 Å². The van der Waals surface area contributed by atoms with Gasteiger partial charge in [-0.05, 0) is 82.3 Å². The summed E-state index contributed by atoms with van der Waals surface area (Å²) in [7, 11) is 0. The first-order chi connectivity index (χ1) is 15.4. The van der Waals surface area contributed by atoms with Crippen LogP contribution in [-0.4, -0.2) is 5.78 Å². The fraction of sp³-hybridized carbons (Fsp3) is 0.0690. The van der Waals surface area contributed by atoms with Gasteiger partial charge in [0.05, 0.1) is 0 Å². The second-order valence-corrected chi connectivity index (χ2v) is 8.57. The van der Waals surface area contributed by atoms with Crippen molar-refractivity contribution >= 4 is 38.8 Å². The average molecular weight is 420 g/mol. The topological polar surface area (TPSA) is 17.1 Å². The van der Waals surface area contributed by atoms with E-state index in [1.165, 1.54) is 24.3 Å². The normalized spacial score (nSPS) is 14.7. The fourth-order valence-electron chi connectivity index (χ4n) is 5.13. The van der Waals surface area contributed by atoms with Crippen LogP contribution in [-0.2, 0) is 4.79 Å². The van der Waals surface area contributed by atoms with Crippen molar-refractivity contribution in [1.29, 1.82) is 0 Å². The molecule has 1 nitrogen and oxygen atoms in total. The number of hydrogen-bond acceptors (Lipinski definition) is 1. The number of Topliss-reactive ketones (excluding diaryl/α,β-unsaturated/α-hetero) is 1. The highest BCUT2D eigenvalue weighted by Gasteiger charge is 2.40. The highest BCUT2D eigenvalue weighted by Crippen LogP contribution is 2.57. The Labute approximate surface area is 184 Å². The number of hydrogen-bond donors (Lipinski definition) is 0. The van der Waals surface area contributed by atoms with Gasteiger partial charge >= 0.3 is 0 Å². The molecule has 0 aliphatic heterocycles. The van der Waals surface area contributed by atoms with E-state index in [1.54, 1.807) is 24.3 Å². The van der Waals surface area contributed by atoms with E-state index in [-0.39, 0.29) is 17.4 Å². The molecule has 0 radical (unpaired) electrons. The van der Waals surface area contributed by atoms with Crippen LogP contribution in [0.4, 0.5) is 8.78 Å². The van der Waals surface area contributed by atoms with E-state index < -0.39 is 0 Å². The van der Waals surface area contributed by atoms with Gasteiger partial charge in [-0.3, -0.25) is 4.79 Å². The molecule has 0 heterocycles. The van der Waals surface area contributed by atoms with Gasteiger partial charge < -0.3 is 0 Å². The first-order valence-corrected chi connectivity index (χ1v) is 10.5. The summed E-state index contributed by atoms with van der Waals surface area (Å²) >= 11 is 0. The van der Waals surface area contributed by atoms with E-state index in [1.807, 2.05) is 0 Å². The number of halogens is 2. The molecule has 0 amide bonds. The lowest BCUT2D eigenvalue weighted by molar-refractivity contribution is -0.108. The zero-order valence-electron chi connectivity index (χ0n) is 17.6. The van der Waals surface area contributed by atoms with Crippen molar-refractivity contribution in [2.45, 2.75) is 13.8 Å². The van der Waals surface area contributed by atoms with E-state index in [0.29, 0.717) is 22.3 Å². The van der Waals surface area contributed by atoms with E-state index in [9.17, 15) is 13.6 Å². The third-order valence-corrected chi connectivity index (χ3v) is 6.35. The molecule has 0 bridgehead atoms. The quantitative estimate of drug-likeness (QED) is 0.336. The lowest BCUT2D eigenvalue weighted by Crippen LogP contribution is -2.03. The molecule has 4 aromatic rings. The van der Waals surface area contributed by atoms with Crippen molar-refractivity contribution in [3.05, 3.63) is 118 Å². The molecule has 2 aliphatic carbocycles. The predicted octanol–water partition coefficient (Wildman–Crippen LogP) is 7.15. The summed E-state index contributed by atoms with van der Waals surface area (Å²) in [5, 5.41) is 2.26. The molecule has 0 N–H and O–H groups in total. The Hall–Kier alpha value is -3.85. The zero-order chi connectivity index (χ0) is 22.1. The van der Waals surface area contributed by atoms with Gasteiger partial charge in [-0.25, -0.2) is 8.78 Å². The van der Waals surface area contributed by atoms with Crippen LogP contribution in [0.2, 0.25) is 0 Å². The fourth-order valence-corrected chi connectivity index (χ4v) is 5.13. The Morgan fingerprint density at radius 3 is 1.38 bits per heavy atom. The number of ketones is 1. The molecule has 4 aromatic carbocycles. The minimum absolute atomic E-state index is 0.116. The molecule has 3 heteroatoms. The molecule has 2 aliphatic rings. The minimum Gasteiger partial charge on any atom is -0.289 e. The molecular weight excluding hydrogens is 402 g/mol. The van der Waals surface area contributed by atoms with Crippen molar-refractivity contribution in [2.75, 3.05) is 0 Å². The zero-order valence-corrected chi connectivity index (χ0v) is 17.6. The second-order valence-electron chi connectivity index (χ2n) is 8.57. The van der Waals surface area contributed by atoms with E-state index in [4.69, 9.17) is 0 Å². The first kappa shape index (κ1) is 18.9. The van der Waals surface area contributed by atoms with E-state index in [0.717, 1.165) is 44.2 Å². The predicted molar refractivity (Wildman–Crippen MR) is 125 cm³/mol. The summed E-state index contributed by atoms with van der Waals surface area (Å²) in [6, 6.07) is 20.7. The largest absolute Gasteiger partial charge is 0.289 e. The SMILES string of the molecule is Cc1cc2c3c(cc(C)cc3c1)C1=C(c3ccc(F)cc3)C(=O)C(c3ccc(F)cc3)=C12. The average Bonchev–Trinajstić information content (AvgIpc) is 3.22. The van der Waals surface area contributed by atoms with Gasteiger partial charge in [0.2, 0.25) is 0 Å². The molecule has 0 saturated carbocycles. The van der Waals surface area contributed by atoms with Crippen LogP contribution in [0, 0.1) is 25.5 Å². The summed E-state index contributed by atoms with van der Waals surface area (Å²) < 4.78 is 27.3. The van der Waals surface area contributed by atoms with E-state index in [2.05, 4.69) is 38.1 Å². The third kappa shape index (κ3) is 2.57. The first-order valence-electron chi connectivity index (χ1n) is 10.5. The van der Waals surface area contributed by atoms with Gasteiger partial charge in [0.1, 0.15) is 11.6 Å². The van der Waals surface area contributed by atoms with Crippen LogP contribution in [0.5, 0.6) is 0 Å². The van der Waals surface area contributed by atoms with Crippen molar-refractivity contribution in [3.8, 4) is 0 Å². The summed E-state index contributed by atoms with van der Waals surface area (Å²) in [4.78, 5) is 13.9. The Kier molecular flexibility index (Phi) is 3.88. The smallest absolute Gasteiger partial charge is 0.195 e. The number of aryl methyl sites for hydroxylation is 2. The number of carbonyl (C=O) groups excluding carboxylic acids is 1. The Balaban J connectivity index is 1.75. The molecule has 6 rings (SSSR count).